The Balaban J connectivity index is 1.85. The van der Waals surface area contributed by atoms with Crippen LogP contribution in [0.5, 0.6) is 0 Å². The van der Waals surface area contributed by atoms with Gasteiger partial charge in [-0.1, -0.05) is 0 Å². The number of thiazole rings is 1. The normalized spacial score (nSPS) is 17.8. The van der Waals surface area contributed by atoms with E-state index < -0.39 is 0 Å². The molecule has 2 aromatic heterocycles. The molecule has 1 N–H and O–H groups in total. The van der Waals surface area contributed by atoms with Crippen molar-refractivity contribution in [2.75, 3.05) is 13.6 Å². The maximum atomic E-state index is 12.7. The van der Waals surface area contributed by atoms with E-state index in [-0.39, 0.29) is 17.9 Å². The zero-order valence-electron chi connectivity index (χ0n) is 12.7. The predicted octanol–water partition coefficient (Wildman–Crippen LogP) is 1.66. The summed E-state index contributed by atoms with van der Waals surface area (Å²) < 4.78 is 0. The Kier molecular flexibility index (Phi) is 4.61. The van der Waals surface area contributed by atoms with Crippen LogP contribution in [0.25, 0.3) is 0 Å². The van der Waals surface area contributed by atoms with Gasteiger partial charge in [-0.25, -0.2) is 9.97 Å². The number of carbonyl (C=O) groups excluding carboxylic acids is 2. The van der Waals surface area contributed by atoms with Crippen molar-refractivity contribution in [1.29, 1.82) is 0 Å². The second-order valence-electron chi connectivity index (χ2n) is 5.24. The molecule has 1 saturated heterocycles. The smallest absolute Gasteiger partial charge is 0.274 e. The van der Waals surface area contributed by atoms with Gasteiger partial charge >= 0.3 is 0 Å². The van der Waals surface area contributed by atoms with Crippen LogP contribution in [-0.4, -0.2) is 45.3 Å². The van der Waals surface area contributed by atoms with Crippen molar-refractivity contribution in [2.45, 2.75) is 25.3 Å². The van der Waals surface area contributed by atoms with Crippen LogP contribution in [0.2, 0.25) is 0 Å². The molecule has 3 heterocycles. The molecular formula is C15H17N5O2S. The van der Waals surface area contributed by atoms with Crippen LogP contribution in [0.3, 0.4) is 0 Å². The number of nitrogens with one attached hydrogen (secondary N) is 1. The van der Waals surface area contributed by atoms with Crippen molar-refractivity contribution in [2.24, 2.45) is 0 Å². The van der Waals surface area contributed by atoms with Crippen molar-refractivity contribution in [3.8, 4) is 0 Å². The fourth-order valence-corrected chi connectivity index (χ4v) is 3.67. The zero-order chi connectivity index (χ0) is 16.2. The first-order chi connectivity index (χ1) is 11.2. The number of carbonyl (C=O) groups is 2. The number of amides is 2. The lowest BCUT2D eigenvalue weighted by molar-refractivity contribution is 0.0604. The molecule has 1 unspecified atom stereocenters. The van der Waals surface area contributed by atoms with Crippen LogP contribution < -0.4 is 5.32 Å². The van der Waals surface area contributed by atoms with Gasteiger partial charge in [0.2, 0.25) is 0 Å². The maximum Gasteiger partial charge on any atom is 0.274 e. The molecule has 0 saturated carbocycles. The van der Waals surface area contributed by atoms with Crippen LogP contribution in [0.4, 0.5) is 0 Å². The first-order valence-corrected chi connectivity index (χ1v) is 8.27. The number of aromatic nitrogens is 3. The molecule has 1 atom stereocenters. The summed E-state index contributed by atoms with van der Waals surface area (Å²) in [4.78, 5) is 39.2. The number of piperidine rings is 1. The predicted molar refractivity (Wildman–Crippen MR) is 85.2 cm³/mol. The van der Waals surface area contributed by atoms with Crippen LogP contribution in [0.15, 0.2) is 24.8 Å². The summed E-state index contributed by atoms with van der Waals surface area (Å²) in [6.07, 6.45) is 8.93. The standard InChI is InChI=1S/C15H17N5O2S/c1-16-13(21)12-9-19-14(23-12)11-4-2-3-7-20(11)15(22)10-8-17-5-6-18-10/h5-6,8-9,11H,2-4,7H2,1H3,(H,16,21). The quantitative estimate of drug-likeness (QED) is 0.924. The molecule has 3 rings (SSSR count). The topological polar surface area (TPSA) is 88.1 Å². The SMILES string of the molecule is CNC(=O)c1cnc(C2CCCCN2C(=O)c2cnccn2)s1. The minimum Gasteiger partial charge on any atom is -0.354 e. The van der Waals surface area contributed by atoms with Crippen molar-refractivity contribution in [3.63, 3.8) is 0 Å². The number of nitrogens with zero attached hydrogens (tertiary/aromatic N) is 4. The fraction of sp³-hybridized carbons (Fsp3) is 0.400. The number of hydrogen-bond acceptors (Lipinski definition) is 6. The fourth-order valence-electron chi connectivity index (χ4n) is 2.66. The van der Waals surface area contributed by atoms with Gasteiger partial charge in [-0.2, -0.15) is 0 Å². The second-order valence-corrected chi connectivity index (χ2v) is 6.30. The third-order valence-corrected chi connectivity index (χ3v) is 4.90. The van der Waals surface area contributed by atoms with Crippen LogP contribution in [-0.2, 0) is 0 Å². The molecule has 23 heavy (non-hydrogen) atoms. The molecule has 0 radical (unpaired) electrons. The average Bonchev–Trinajstić information content (AvgIpc) is 3.11. The monoisotopic (exact) mass is 331 g/mol. The highest BCUT2D eigenvalue weighted by molar-refractivity contribution is 7.13. The van der Waals surface area contributed by atoms with Crippen molar-refractivity contribution in [1.82, 2.24) is 25.2 Å². The van der Waals surface area contributed by atoms with E-state index in [4.69, 9.17) is 0 Å². The van der Waals surface area contributed by atoms with Gasteiger partial charge < -0.3 is 10.2 Å². The van der Waals surface area contributed by atoms with E-state index in [1.165, 1.54) is 23.7 Å². The molecule has 2 amide bonds. The van der Waals surface area contributed by atoms with Gasteiger partial charge in [-0.3, -0.25) is 14.6 Å². The summed E-state index contributed by atoms with van der Waals surface area (Å²) in [5.74, 6) is -0.296. The summed E-state index contributed by atoms with van der Waals surface area (Å²) in [5.41, 5.74) is 0.336. The summed E-state index contributed by atoms with van der Waals surface area (Å²) >= 11 is 1.34. The van der Waals surface area contributed by atoms with Gasteiger partial charge in [0, 0.05) is 26.0 Å². The average molecular weight is 331 g/mol. The Bertz CT molecular complexity index is 703. The van der Waals surface area contributed by atoms with Gasteiger partial charge in [-0.05, 0) is 19.3 Å². The lowest BCUT2D eigenvalue weighted by Gasteiger charge is -2.34. The molecule has 1 aliphatic rings. The van der Waals surface area contributed by atoms with E-state index in [1.54, 1.807) is 24.3 Å². The molecule has 0 spiro atoms. The van der Waals surface area contributed by atoms with Crippen LogP contribution in [0.1, 0.15) is 50.5 Å². The van der Waals surface area contributed by atoms with E-state index in [1.807, 2.05) is 0 Å². The van der Waals surface area contributed by atoms with Gasteiger partial charge in [-0.15, -0.1) is 11.3 Å². The Labute approximate surface area is 137 Å². The Morgan fingerprint density at radius 2 is 2.13 bits per heavy atom. The molecule has 8 heteroatoms. The maximum absolute atomic E-state index is 12.7. The molecular weight excluding hydrogens is 314 g/mol. The largest absolute Gasteiger partial charge is 0.354 e. The molecule has 0 aromatic carbocycles. The van der Waals surface area contributed by atoms with Crippen LogP contribution in [0, 0.1) is 0 Å². The highest BCUT2D eigenvalue weighted by atomic mass is 32.1. The molecule has 0 aliphatic carbocycles. The van der Waals surface area contributed by atoms with Crippen LogP contribution >= 0.6 is 11.3 Å². The summed E-state index contributed by atoms with van der Waals surface area (Å²) in [6, 6.07) is -0.110. The molecule has 2 aromatic rings. The lowest BCUT2D eigenvalue weighted by Crippen LogP contribution is -2.38. The number of rotatable bonds is 3. The van der Waals surface area contributed by atoms with Crippen molar-refractivity contribution < 1.29 is 9.59 Å². The van der Waals surface area contributed by atoms with E-state index in [9.17, 15) is 9.59 Å². The second kappa shape index (κ2) is 6.82. The van der Waals surface area contributed by atoms with Gasteiger partial charge in [0.25, 0.3) is 11.8 Å². The summed E-state index contributed by atoms with van der Waals surface area (Å²) in [7, 11) is 1.59. The Hall–Kier alpha value is -2.35. The van der Waals surface area contributed by atoms with Gasteiger partial charge in [0.15, 0.2) is 0 Å². The van der Waals surface area contributed by atoms with Gasteiger partial charge in [0.05, 0.1) is 18.4 Å². The zero-order valence-corrected chi connectivity index (χ0v) is 13.5. The third-order valence-electron chi connectivity index (χ3n) is 3.81. The Morgan fingerprint density at radius 3 is 2.87 bits per heavy atom. The molecule has 120 valence electrons. The van der Waals surface area contributed by atoms with E-state index in [0.29, 0.717) is 17.1 Å². The van der Waals surface area contributed by atoms with Crippen molar-refractivity contribution in [3.05, 3.63) is 40.4 Å². The molecule has 7 nitrogen and oxygen atoms in total. The summed E-state index contributed by atoms with van der Waals surface area (Å²) in [5, 5.41) is 3.38. The van der Waals surface area contributed by atoms with E-state index >= 15 is 0 Å². The number of likely N-dealkylation sites (tertiary alicyclic amines) is 1. The minimum atomic E-state index is -0.156. The highest BCUT2D eigenvalue weighted by Gasteiger charge is 2.31. The molecule has 1 aliphatic heterocycles. The molecule has 0 bridgehead atoms. The first kappa shape index (κ1) is 15.5. The Morgan fingerprint density at radius 1 is 1.26 bits per heavy atom. The first-order valence-electron chi connectivity index (χ1n) is 7.45. The highest BCUT2D eigenvalue weighted by Crippen LogP contribution is 2.34. The minimum absolute atomic E-state index is 0.110. The van der Waals surface area contributed by atoms with E-state index in [0.717, 1.165) is 24.3 Å². The number of hydrogen-bond donors (Lipinski definition) is 1. The van der Waals surface area contributed by atoms with E-state index in [2.05, 4.69) is 20.3 Å². The van der Waals surface area contributed by atoms with Gasteiger partial charge in [0.1, 0.15) is 15.6 Å². The lowest BCUT2D eigenvalue weighted by atomic mass is 10.0. The third kappa shape index (κ3) is 3.21. The molecule has 1 fully saturated rings. The summed E-state index contributed by atoms with van der Waals surface area (Å²) in [6.45, 7) is 0.662. The van der Waals surface area contributed by atoms with Crippen molar-refractivity contribution >= 4 is 23.2 Å².